The molecule has 2 aromatic heterocycles. The van der Waals surface area contributed by atoms with Gasteiger partial charge < -0.3 is 10.6 Å². The van der Waals surface area contributed by atoms with Crippen molar-refractivity contribution in [1.82, 2.24) is 20.0 Å². The molecule has 45 heavy (non-hydrogen) atoms. The van der Waals surface area contributed by atoms with E-state index in [2.05, 4.69) is 50.2 Å². The first-order valence-corrected chi connectivity index (χ1v) is 14.6. The maximum atomic E-state index is 10.1. The first-order valence-electron chi connectivity index (χ1n) is 14.7. The van der Waals surface area contributed by atoms with Crippen molar-refractivity contribution in [3.05, 3.63) is 112 Å². The normalized spacial score (nSPS) is 15.3. The third-order valence-corrected chi connectivity index (χ3v) is 8.07. The number of aromatic nitrogens is 4. The van der Waals surface area contributed by atoms with E-state index in [-0.39, 0.29) is 22.3 Å². The van der Waals surface area contributed by atoms with E-state index in [1.54, 1.807) is 42.6 Å². The van der Waals surface area contributed by atoms with Crippen LogP contribution in [0.2, 0.25) is 5.02 Å². The molecule has 1 saturated carbocycles. The number of nitriles is 4. The number of hydrogen-bond donors (Lipinski definition) is 2. The van der Waals surface area contributed by atoms with E-state index in [0.29, 0.717) is 59.1 Å². The molecule has 5 aromatic rings. The number of fused-ring (bicyclic) bond motifs is 1. The molecule has 2 N–H and O–H groups in total. The van der Waals surface area contributed by atoms with Gasteiger partial charge in [-0.15, -0.1) is 5.10 Å². The lowest BCUT2D eigenvalue weighted by molar-refractivity contribution is 0.516. The number of hydrogen-bond acceptors (Lipinski definition) is 9. The highest BCUT2D eigenvalue weighted by Crippen LogP contribution is 2.43. The predicted molar refractivity (Wildman–Crippen MR) is 169 cm³/mol. The molecule has 1 aliphatic rings. The molecule has 1 aliphatic carbocycles. The fraction of sp³-hybridized carbons (Fsp3) is 0.206. The van der Waals surface area contributed by atoms with Crippen molar-refractivity contribution in [3.8, 4) is 24.3 Å². The number of nitrogens with one attached hydrogen (secondary N) is 2. The summed E-state index contributed by atoms with van der Waals surface area (Å²) in [5.74, 6) is 0. The van der Waals surface area contributed by atoms with Crippen LogP contribution >= 0.6 is 11.6 Å². The van der Waals surface area contributed by atoms with Gasteiger partial charge in [0.2, 0.25) is 0 Å². The first-order chi connectivity index (χ1) is 22.3. The Hall–Kier alpha value is -5.94. The fourth-order valence-electron chi connectivity index (χ4n) is 5.23. The Morgan fingerprint density at radius 3 is 2.49 bits per heavy atom. The van der Waals surface area contributed by atoms with Gasteiger partial charge in [-0.3, -0.25) is 4.98 Å². The molecular formula is C34H25ClN10. The number of halogens is 1. The summed E-state index contributed by atoms with van der Waals surface area (Å²) >= 11 is 6.80. The Balaban J connectivity index is 1.48. The topological polar surface area (TPSA) is 163 Å². The molecule has 0 saturated heterocycles. The van der Waals surface area contributed by atoms with E-state index in [9.17, 15) is 22.4 Å². The molecule has 10 nitrogen and oxygen atoms in total. The summed E-state index contributed by atoms with van der Waals surface area (Å²) in [7, 11) is 0. The second-order valence-corrected chi connectivity index (χ2v) is 11.1. The van der Waals surface area contributed by atoms with Crippen LogP contribution in [0.15, 0.2) is 79.1 Å². The number of pyridine rings is 1. The molecule has 1 fully saturated rings. The second kappa shape index (κ2) is 12.3. The molecule has 218 valence electrons. The minimum atomic E-state index is -1.76. The Labute approximate surface area is 266 Å². The molecule has 1 unspecified atom stereocenters. The number of nitrogens with zero attached hydrogens (tertiary/aromatic N) is 8. The van der Waals surface area contributed by atoms with Crippen molar-refractivity contribution < 1.29 is 1.37 Å². The van der Waals surface area contributed by atoms with Crippen molar-refractivity contribution >= 4 is 33.9 Å². The van der Waals surface area contributed by atoms with E-state index >= 15 is 0 Å². The lowest BCUT2D eigenvalue weighted by Gasteiger charge is -2.23. The van der Waals surface area contributed by atoms with E-state index in [1.807, 2.05) is 30.3 Å². The number of rotatable bonds is 10. The largest absolute Gasteiger partial charge is 0.377 e. The summed E-state index contributed by atoms with van der Waals surface area (Å²) in [6.07, 6.45) is 5.10. The molecule has 0 radical (unpaired) electrons. The summed E-state index contributed by atoms with van der Waals surface area (Å²) in [5.41, 5.74) is 2.78. The van der Waals surface area contributed by atoms with Gasteiger partial charge in [0, 0.05) is 23.7 Å². The molecule has 0 spiro atoms. The highest BCUT2D eigenvalue weighted by atomic mass is 35.5. The molecule has 11 heteroatoms. The van der Waals surface area contributed by atoms with Crippen molar-refractivity contribution in [2.24, 2.45) is 0 Å². The zero-order chi connectivity index (χ0) is 32.3. The van der Waals surface area contributed by atoms with Crippen molar-refractivity contribution in [2.75, 3.05) is 10.6 Å². The average Bonchev–Trinajstić information content (AvgIpc) is 3.72. The van der Waals surface area contributed by atoms with Gasteiger partial charge in [-0.05, 0) is 54.7 Å². The summed E-state index contributed by atoms with van der Waals surface area (Å²) in [6, 6.07) is 26.4. The van der Waals surface area contributed by atoms with Crippen LogP contribution in [0.3, 0.4) is 0 Å². The lowest BCUT2D eigenvalue weighted by Crippen LogP contribution is -2.16. The zero-order valence-electron chi connectivity index (χ0n) is 24.9. The van der Waals surface area contributed by atoms with Gasteiger partial charge in [-0.25, -0.2) is 4.68 Å². The van der Waals surface area contributed by atoms with E-state index in [0.717, 1.165) is 5.56 Å². The minimum Gasteiger partial charge on any atom is -0.377 e. The van der Waals surface area contributed by atoms with E-state index < -0.39 is 11.6 Å². The van der Waals surface area contributed by atoms with Gasteiger partial charge in [0.1, 0.15) is 11.8 Å². The summed E-state index contributed by atoms with van der Waals surface area (Å²) in [4.78, 5) is 4.46. The minimum absolute atomic E-state index is 0.211. The van der Waals surface area contributed by atoms with Gasteiger partial charge in [-0.2, -0.15) is 21.0 Å². The van der Waals surface area contributed by atoms with Gasteiger partial charge in [0.15, 0.2) is 5.54 Å². The lowest BCUT2D eigenvalue weighted by atomic mass is 9.99. The molecule has 2 atom stereocenters. The predicted octanol–water partition coefficient (Wildman–Crippen LogP) is 6.89. The van der Waals surface area contributed by atoms with Crippen LogP contribution < -0.4 is 10.6 Å². The summed E-state index contributed by atoms with van der Waals surface area (Å²) in [6.45, 7) is 0. The molecule has 0 amide bonds. The second-order valence-electron chi connectivity index (χ2n) is 10.7. The highest BCUT2D eigenvalue weighted by molar-refractivity contribution is 6.35. The SMILES string of the molecule is [2H]C(Nc1cc(Cl)c2ncc(C#N)c(N[C@H](CCC#N)c3ccccc3)c2c1)(c1cccc(C#N)c1)c1cn(C2(C#N)CC2)nn1. The maximum Gasteiger partial charge on any atom is 0.150 e. The van der Waals surface area contributed by atoms with Crippen LogP contribution in [0.4, 0.5) is 11.4 Å². The van der Waals surface area contributed by atoms with Gasteiger partial charge in [-0.1, -0.05) is 59.3 Å². The maximum absolute atomic E-state index is 10.1. The fourth-order valence-corrected chi connectivity index (χ4v) is 5.50. The smallest absolute Gasteiger partial charge is 0.150 e. The zero-order valence-corrected chi connectivity index (χ0v) is 24.6. The summed E-state index contributed by atoms with van der Waals surface area (Å²) < 4.78 is 11.2. The van der Waals surface area contributed by atoms with Crippen LogP contribution in [-0.2, 0) is 5.54 Å². The molecule has 6 rings (SSSR count). The molecule has 0 bridgehead atoms. The first kappa shape index (κ1) is 27.9. The van der Waals surface area contributed by atoms with Crippen LogP contribution in [0.1, 0.15) is 67.1 Å². The van der Waals surface area contributed by atoms with Crippen molar-refractivity contribution in [1.29, 1.82) is 21.0 Å². The van der Waals surface area contributed by atoms with Crippen LogP contribution in [-0.4, -0.2) is 20.0 Å². The standard InChI is InChI=1S/C34H25ClN10/c35-28-16-26(41-32(24-9-4-6-22(14-24)17-37)30-20-45(44-43-30)34(21-39)11-12-34)15-27-31(25(18-38)19-40-33(27)28)42-29(10-5-13-36)23-7-2-1-3-8-23/h1-4,6-9,14-16,19-20,29,32,41H,5,10-12H2,(H,40,42)/t29-,32?/m1/s1/i32D. The van der Waals surface area contributed by atoms with Crippen LogP contribution in [0.25, 0.3) is 10.9 Å². The Morgan fingerprint density at radius 1 is 0.978 bits per heavy atom. The molecular weight excluding hydrogens is 584 g/mol. The average molecular weight is 610 g/mol. The summed E-state index contributed by atoms with van der Waals surface area (Å²) in [5, 5.41) is 54.8. The monoisotopic (exact) mass is 609 g/mol. The highest BCUT2D eigenvalue weighted by Gasteiger charge is 2.46. The third kappa shape index (κ3) is 5.84. The number of benzene rings is 3. The van der Waals surface area contributed by atoms with E-state index in [4.69, 9.17) is 11.6 Å². The Morgan fingerprint density at radius 2 is 1.78 bits per heavy atom. The number of anilines is 2. The quantitative estimate of drug-likeness (QED) is 0.171. The van der Waals surface area contributed by atoms with Gasteiger partial charge in [0.05, 0.1) is 65.2 Å². The van der Waals surface area contributed by atoms with E-state index in [1.165, 1.54) is 10.9 Å². The molecule has 2 heterocycles. The van der Waals surface area contributed by atoms with Crippen molar-refractivity contribution in [2.45, 2.75) is 43.3 Å². The molecule has 0 aliphatic heterocycles. The van der Waals surface area contributed by atoms with Crippen LogP contribution in [0.5, 0.6) is 0 Å². The molecule has 3 aromatic carbocycles. The third-order valence-electron chi connectivity index (χ3n) is 7.78. The Kier molecular flexibility index (Phi) is 7.65. The van der Waals surface area contributed by atoms with Gasteiger partial charge in [0.25, 0.3) is 0 Å². The van der Waals surface area contributed by atoms with Crippen LogP contribution in [0, 0.1) is 45.3 Å². The van der Waals surface area contributed by atoms with Gasteiger partial charge >= 0.3 is 0 Å². The van der Waals surface area contributed by atoms with Crippen molar-refractivity contribution in [3.63, 3.8) is 0 Å². The Bertz CT molecular complexity index is 2110.